The fourth-order valence-electron chi connectivity index (χ4n) is 13.7. The van der Waals surface area contributed by atoms with E-state index in [1.165, 1.54) is 144 Å². The molecule has 0 saturated carbocycles. The lowest BCUT2D eigenvalue weighted by Gasteiger charge is -2.34. The van der Waals surface area contributed by atoms with Crippen molar-refractivity contribution in [2.75, 3.05) is 0 Å². The van der Waals surface area contributed by atoms with Gasteiger partial charge < -0.3 is 0 Å². The van der Waals surface area contributed by atoms with E-state index in [4.69, 9.17) is 0 Å². The van der Waals surface area contributed by atoms with Gasteiger partial charge in [0.15, 0.2) is 0 Å². The molecule has 14 rings (SSSR count). The van der Waals surface area contributed by atoms with Crippen molar-refractivity contribution >= 4 is 94.5 Å². The van der Waals surface area contributed by atoms with Crippen LogP contribution in [-0.2, 0) is 29.1 Å². The van der Waals surface area contributed by atoms with E-state index in [1.54, 1.807) is 0 Å². The first-order valence-corrected chi connectivity index (χ1v) is 31.0. The van der Waals surface area contributed by atoms with E-state index in [-0.39, 0.29) is 16.2 Å². The van der Waals surface area contributed by atoms with Crippen LogP contribution >= 0.6 is 34.0 Å². The van der Waals surface area contributed by atoms with E-state index in [0.717, 1.165) is 12.8 Å². The van der Waals surface area contributed by atoms with Crippen LogP contribution in [0.25, 0.3) is 116 Å². The molecule has 3 aromatic heterocycles. The lowest BCUT2D eigenvalue weighted by molar-refractivity contribution is 0.519. The fourth-order valence-corrected chi connectivity index (χ4v) is 17.2. The summed E-state index contributed by atoms with van der Waals surface area (Å²) < 4.78 is 7.99. The zero-order valence-electron chi connectivity index (χ0n) is 47.2. The Balaban J connectivity index is 0.962. The van der Waals surface area contributed by atoms with Crippen molar-refractivity contribution in [1.82, 2.24) is 0 Å². The Hall–Kier alpha value is -7.92. The van der Waals surface area contributed by atoms with Crippen molar-refractivity contribution in [1.29, 1.82) is 0 Å². The predicted molar refractivity (Wildman–Crippen MR) is 357 cm³/mol. The van der Waals surface area contributed by atoms with E-state index in [2.05, 4.69) is 285 Å². The van der Waals surface area contributed by atoms with E-state index in [1.807, 2.05) is 34.0 Å². The number of thiophene rings is 3. The van der Waals surface area contributed by atoms with Gasteiger partial charge in [0.1, 0.15) is 0 Å². The highest BCUT2D eigenvalue weighted by Crippen LogP contribution is 2.51. The highest BCUT2D eigenvalue weighted by molar-refractivity contribution is 7.27. The first kappa shape index (κ1) is 51.2. The lowest BCUT2D eigenvalue weighted by Crippen LogP contribution is -2.25. The maximum Gasteiger partial charge on any atom is 0.0433 e. The standard InChI is InChI=1S/C78H64S3/c1-76(2,3)65-37-17-14-28-54(65)56-32-22-41-69-71(56)62-43-42-49(46-70(62)80-69)47-77(4,5)74-63(52-26-12-9-13-27-52)44-50(45-64(74)60-36-21-35-59-55-29-15-18-38-66(55)81-75(59)60)48-78(6,7)73-53(51-24-10-8-11-25-51)31-20-34-58(73)57-33-23-40-68-72(57)61-30-16-19-39-67(61)79-68/h8-46H,47-48H2,1-7H3. The van der Waals surface area contributed by atoms with Crippen molar-refractivity contribution < 1.29 is 0 Å². The number of rotatable bonds is 11. The highest BCUT2D eigenvalue weighted by Gasteiger charge is 2.34. The second-order valence-corrected chi connectivity index (χ2v) is 27.8. The molecule has 0 nitrogen and oxygen atoms in total. The molecule has 0 saturated heterocycles. The normalized spacial score (nSPS) is 12.5. The zero-order valence-corrected chi connectivity index (χ0v) is 49.6. The van der Waals surface area contributed by atoms with Gasteiger partial charge >= 0.3 is 0 Å². The smallest absolute Gasteiger partial charge is 0.0433 e. The summed E-state index contributed by atoms with van der Waals surface area (Å²) in [5, 5.41) is 8.00. The van der Waals surface area contributed by atoms with E-state index in [9.17, 15) is 0 Å². The summed E-state index contributed by atoms with van der Waals surface area (Å²) in [6.07, 6.45) is 1.69. The minimum atomic E-state index is -0.323. The Kier molecular flexibility index (Phi) is 12.6. The fraction of sp³-hybridized carbons (Fsp3) is 0.154. The molecule has 0 atom stereocenters. The molecule has 0 N–H and O–H groups in total. The summed E-state index contributed by atoms with van der Waals surface area (Å²) in [4.78, 5) is 0. The molecule has 14 aromatic rings. The first-order valence-electron chi connectivity index (χ1n) is 28.6. The molecule has 0 aliphatic heterocycles. The first-order chi connectivity index (χ1) is 39.3. The monoisotopic (exact) mass is 1100 g/mol. The molecule has 0 fully saturated rings. The topological polar surface area (TPSA) is 0 Å². The molecule has 11 aromatic carbocycles. The molecule has 394 valence electrons. The van der Waals surface area contributed by atoms with Crippen LogP contribution in [0.4, 0.5) is 0 Å². The second-order valence-electron chi connectivity index (χ2n) is 24.6. The minimum Gasteiger partial charge on any atom is -0.135 e. The van der Waals surface area contributed by atoms with Gasteiger partial charge in [-0.25, -0.2) is 0 Å². The number of fused-ring (bicyclic) bond motifs is 9. The lowest BCUT2D eigenvalue weighted by atomic mass is 9.69. The Morgan fingerprint density at radius 3 is 1.44 bits per heavy atom. The molecular formula is C78H64S3. The summed E-state index contributed by atoms with van der Waals surface area (Å²) in [6.45, 7) is 17.0. The average Bonchev–Trinajstić information content (AvgIpc) is 4.36. The molecule has 81 heavy (non-hydrogen) atoms. The summed E-state index contributed by atoms with van der Waals surface area (Å²) in [6, 6.07) is 89.7. The average molecular weight is 1100 g/mol. The summed E-state index contributed by atoms with van der Waals surface area (Å²) in [7, 11) is 0. The van der Waals surface area contributed by atoms with E-state index >= 15 is 0 Å². The van der Waals surface area contributed by atoms with Gasteiger partial charge in [-0.05, 0) is 143 Å². The third-order valence-electron chi connectivity index (χ3n) is 17.1. The van der Waals surface area contributed by atoms with Gasteiger partial charge in [0.2, 0.25) is 0 Å². The highest BCUT2D eigenvalue weighted by atomic mass is 32.1. The third kappa shape index (κ3) is 9.02. The largest absolute Gasteiger partial charge is 0.135 e. The van der Waals surface area contributed by atoms with Crippen molar-refractivity contribution in [2.45, 2.75) is 77.6 Å². The Morgan fingerprint density at radius 2 is 0.741 bits per heavy atom. The summed E-state index contributed by atoms with van der Waals surface area (Å²) in [5.41, 5.74) is 19.2. The maximum absolute atomic E-state index is 2.61. The van der Waals surface area contributed by atoms with Crippen LogP contribution in [0.3, 0.4) is 0 Å². The van der Waals surface area contributed by atoms with Crippen LogP contribution in [0.1, 0.15) is 76.3 Å². The van der Waals surface area contributed by atoms with Crippen molar-refractivity contribution in [3.05, 3.63) is 264 Å². The molecule has 3 heteroatoms. The van der Waals surface area contributed by atoms with Crippen LogP contribution in [0, 0.1) is 0 Å². The Bertz CT molecular complexity index is 4720. The van der Waals surface area contributed by atoms with Crippen LogP contribution in [0.5, 0.6) is 0 Å². The van der Waals surface area contributed by atoms with Crippen LogP contribution in [-0.4, -0.2) is 0 Å². The zero-order chi connectivity index (χ0) is 55.2. The predicted octanol–water partition coefficient (Wildman–Crippen LogP) is 23.5. The van der Waals surface area contributed by atoms with Gasteiger partial charge in [-0.3, -0.25) is 0 Å². The third-order valence-corrected chi connectivity index (χ3v) is 20.5. The van der Waals surface area contributed by atoms with E-state index in [0.29, 0.717) is 0 Å². The molecule has 0 bridgehead atoms. The number of benzene rings is 11. The van der Waals surface area contributed by atoms with Gasteiger partial charge in [-0.15, -0.1) is 34.0 Å². The molecular weight excluding hydrogens is 1030 g/mol. The van der Waals surface area contributed by atoms with Crippen molar-refractivity contribution in [3.63, 3.8) is 0 Å². The van der Waals surface area contributed by atoms with Gasteiger partial charge in [0.05, 0.1) is 0 Å². The van der Waals surface area contributed by atoms with E-state index < -0.39 is 0 Å². The SMILES string of the molecule is CC(C)(C)c1ccccc1-c1cccc2sc3cc(CC(C)(C)c4c(-c5ccccc5)cc(CC(C)(C)c5c(-c6ccccc6)cccc5-c5cccc6sc7ccccc7c56)cc4-c4cccc5c4sc4ccccc45)ccc3c12. The molecule has 0 unspecified atom stereocenters. The second kappa shape index (κ2) is 20.0. The van der Waals surface area contributed by atoms with Crippen LogP contribution in [0.15, 0.2) is 237 Å². The van der Waals surface area contributed by atoms with Gasteiger partial charge in [-0.2, -0.15) is 0 Å². The van der Waals surface area contributed by atoms with Gasteiger partial charge in [0, 0.05) is 60.5 Å². The van der Waals surface area contributed by atoms with Crippen molar-refractivity contribution in [3.8, 4) is 55.6 Å². The minimum absolute atomic E-state index is 0.0187. The number of hydrogen-bond acceptors (Lipinski definition) is 3. The molecule has 0 aliphatic carbocycles. The van der Waals surface area contributed by atoms with Crippen LogP contribution < -0.4 is 0 Å². The maximum atomic E-state index is 2.61. The van der Waals surface area contributed by atoms with Crippen LogP contribution in [0.2, 0.25) is 0 Å². The molecule has 0 radical (unpaired) electrons. The number of hydrogen-bond donors (Lipinski definition) is 0. The molecule has 0 spiro atoms. The molecule has 0 aliphatic rings. The van der Waals surface area contributed by atoms with Crippen molar-refractivity contribution in [2.24, 2.45) is 0 Å². The quantitative estimate of drug-likeness (QED) is 0.121. The van der Waals surface area contributed by atoms with Gasteiger partial charge in [-0.1, -0.05) is 255 Å². The summed E-state index contributed by atoms with van der Waals surface area (Å²) >= 11 is 5.76. The Morgan fingerprint density at radius 1 is 0.284 bits per heavy atom. The van der Waals surface area contributed by atoms with Gasteiger partial charge in [0.25, 0.3) is 0 Å². The molecule has 0 amide bonds. The Labute approximate surface area is 488 Å². The summed E-state index contributed by atoms with van der Waals surface area (Å²) in [5.74, 6) is 0. The molecule has 3 heterocycles.